The molecule has 1 aliphatic heterocycles. The summed E-state index contributed by atoms with van der Waals surface area (Å²) in [6.45, 7) is 0. The van der Waals surface area contributed by atoms with Crippen LogP contribution >= 0.6 is 23.2 Å². The predicted octanol–water partition coefficient (Wildman–Crippen LogP) is 5.16. The summed E-state index contributed by atoms with van der Waals surface area (Å²) < 4.78 is 38.7. The first-order chi connectivity index (χ1) is 14.3. The van der Waals surface area contributed by atoms with Gasteiger partial charge in [0.1, 0.15) is 11.5 Å². The van der Waals surface area contributed by atoms with Crippen molar-refractivity contribution in [3.05, 3.63) is 70.2 Å². The van der Waals surface area contributed by atoms with Gasteiger partial charge in [-0.25, -0.2) is 8.42 Å². The lowest BCUT2D eigenvalue weighted by Crippen LogP contribution is -2.15. The normalized spacial score (nSPS) is 12.7. The quantitative estimate of drug-likeness (QED) is 0.555. The van der Waals surface area contributed by atoms with Crippen LogP contribution in [0.2, 0.25) is 10.0 Å². The fraction of sp³-hybridized carbons (Fsp3) is 0.0500. The lowest BCUT2D eigenvalue weighted by molar-refractivity contribution is 0.102. The van der Waals surface area contributed by atoms with Crippen molar-refractivity contribution in [3.8, 4) is 17.2 Å². The number of carbonyl (C=O) groups is 1. The number of anilines is 2. The van der Waals surface area contributed by atoms with Crippen molar-refractivity contribution in [2.75, 3.05) is 17.1 Å². The molecule has 0 radical (unpaired) electrons. The molecule has 0 spiro atoms. The van der Waals surface area contributed by atoms with Crippen LogP contribution in [-0.4, -0.2) is 21.4 Å². The average Bonchev–Trinajstić information content (AvgIpc) is 2.83. The molecule has 7 nitrogen and oxygen atoms in total. The molecule has 3 aromatic rings. The first-order valence-electron chi connectivity index (χ1n) is 8.56. The van der Waals surface area contributed by atoms with Crippen molar-refractivity contribution in [2.24, 2.45) is 0 Å². The maximum absolute atomic E-state index is 12.7. The number of rotatable bonds is 4. The molecule has 0 aromatic heterocycles. The summed E-state index contributed by atoms with van der Waals surface area (Å²) in [6.07, 6.45) is 0. The van der Waals surface area contributed by atoms with E-state index in [1.165, 1.54) is 43.5 Å². The van der Waals surface area contributed by atoms with Crippen LogP contribution in [0, 0.1) is 0 Å². The van der Waals surface area contributed by atoms with Gasteiger partial charge >= 0.3 is 0 Å². The largest absolute Gasteiger partial charge is 0.495 e. The Hall–Kier alpha value is -2.94. The van der Waals surface area contributed by atoms with Crippen molar-refractivity contribution in [2.45, 2.75) is 4.90 Å². The number of halogens is 2. The number of hydrogen-bond donors (Lipinski definition) is 2. The summed E-state index contributed by atoms with van der Waals surface area (Å²) >= 11 is 12.0. The molecule has 0 unspecified atom stereocenters. The van der Waals surface area contributed by atoms with Crippen LogP contribution in [0.5, 0.6) is 17.2 Å². The predicted molar refractivity (Wildman–Crippen MR) is 115 cm³/mol. The van der Waals surface area contributed by atoms with Crippen LogP contribution in [0.4, 0.5) is 11.4 Å². The molecular formula is C20H14Cl2N2O5S. The highest BCUT2D eigenvalue weighted by atomic mass is 35.5. The Labute approximate surface area is 182 Å². The number of fused-ring (bicyclic) bond motifs is 2. The Bertz CT molecular complexity index is 1280. The standard InChI is InChI=1S/C20H14Cl2N2O5S/c1-28-18-7-4-13(10-15(18)22)30(26,27)24-12-3-6-17-14(9-12)20(25)23-16-8-11(21)2-5-19(16)29-17/h2-10,24H,1H3,(H,23,25). The molecule has 154 valence electrons. The number of sulfonamides is 1. The second-order valence-corrected chi connectivity index (χ2v) is 8.84. The first-order valence-corrected chi connectivity index (χ1v) is 10.8. The van der Waals surface area contributed by atoms with E-state index >= 15 is 0 Å². The van der Waals surface area contributed by atoms with E-state index in [1.807, 2.05) is 0 Å². The lowest BCUT2D eigenvalue weighted by atomic mass is 10.1. The Morgan fingerprint density at radius 1 is 1.00 bits per heavy atom. The van der Waals surface area contributed by atoms with E-state index in [2.05, 4.69) is 10.0 Å². The molecule has 0 saturated carbocycles. The van der Waals surface area contributed by atoms with E-state index in [0.29, 0.717) is 22.2 Å². The van der Waals surface area contributed by atoms with Crippen molar-refractivity contribution in [3.63, 3.8) is 0 Å². The van der Waals surface area contributed by atoms with Gasteiger partial charge in [0.25, 0.3) is 15.9 Å². The zero-order valence-corrected chi connectivity index (χ0v) is 17.7. The third-order valence-electron chi connectivity index (χ3n) is 4.32. The van der Waals surface area contributed by atoms with E-state index in [1.54, 1.807) is 18.2 Å². The number of carbonyl (C=O) groups excluding carboxylic acids is 1. The molecule has 0 fully saturated rings. The summed E-state index contributed by atoms with van der Waals surface area (Å²) in [5.74, 6) is 0.602. The topological polar surface area (TPSA) is 93.7 Å². The van der Waals surface area contributed by atoms with Gasteiger partial charge in [-0.05, 0) is 54.6 Å². The highest BCUT2D eigenvalue weighted by Crippen LogP contribution is 2.38. The molecule has 2 N–H and O–H groups in total. The zero-order chi connectivity index (χ0) is 21.5. The Morgan fingerprint density at radius 3 is 2.50 bits per heavy atom. The monoisotopic (exact) mass is 464 g/mol. The molecule has 10 heteroatoms. The summed E-state index contributed by atoms with van der Waals surface area (Å²) in [5.41, 5.74) is 0.762. The van der Waals surface area contributed by atoms with Crippen LogP contribution in [0.3, 0.4) is 0 Å². The second-order valence-electron chi connectivity index (χ2n) is 6.31. The number of benzene rings is 3. The van der Waals surface area contributed by atoms with Crippen LogP contribution < -0.4 is 19.5 Å². The molecule has 0 atom stereocenters. The van der Waals surface area contributed by atoms with Gasteiger partial charge in [-0.1, -0.05) is 23.2 Å². The molecule has 0 saturated heterocycles. The maximum atomic E-state index is 12.7. The minimum atomic E-state index is -3.95. The zero-order valence-electron chi connectivity index (χ0n) is 15.4. The van der Waals surface area contributed by atoms with Crippen molar-refractivity contribution >= 4 is 50.5 Å². The van der Waals surface area contributed by atoms with E-state index in [0.717, 1.165) is 0 Å². The van der Waals surface area contributed by atoms with Crippen molar-refractivity contribution in [1.29, 1.82) is 0 Å². The van der Waals surface area contributed by atoms with Gasteiger partial charge in [0.05, 0.1) is 28.3 Å². The van der Waals surface area contributed by atoms with E-state index in [4.69, 9.17) is 32.7 Å². The van der Waals surface area contributed by atoms with Gasteiger partial charge in [-0.2, -0.15) is 0 Å². The Morgan fingerprint density at radius 2 is 1.77 bits per heavy atom. The minimum Gasteiger partial charge on any atom is -0.495 e. The molecule has 0 bridgehead atoms. The van der Waals surface area contributed by atoms with Crippen LogP contribution in [0.1, 0.15) is 10.4 Å². The second kappa shape index (κ2) is 7.71. The van der Waals surface area contributed by atoms with E-state index < -0.39 is 15.9 Å². The third-order valence-corrected chi connectivity index (χ3v) is 6.23. The first kappa shape index (κ1) is 20.3. The average molecular weight is 465 g/mol. The van der Waals surface area contributed by atoms with Gasteiger partial charge in [0.15, 0.2) is 5.75 Å². The Balaban J connectivity index is 1.65. The van der Waals surface area contributed by atoms with Gasteiger partial charge in [-0.3, -0.25) is 9.52 Å². The highest BCUT2D eigenvalue weighted by Gasteiger charge is 2.23. The molecule has 1 amide bonds. The van der Waals surface area contributed by atoms with Gasteiger partial charge in [0, 0.05) is 10.7 Å². The minimum absolute atomic E-state index is 0.0500. The number of nitrogens with one attached hydrogen (secondary N) is 2. The summed E-state index contributed by atoms with van der Waals surface area (Å²) in [5, 5.41) is 3.30. The van der Waals surface area contributed by atoms with Crippen LogP contribution in [0.25, 0.3) is 0 Å². The molecule has 30 heavy (non-hydrogen) atoms. The molecule has 1 heterocycles. The van der Waals surface area contributed by atoms with Crippen LogP contribution in [0.15, 0.2) is 59.5 Å². The SMILES string of the molecule is COc1ccc(S(=O)(=O)Nc2ccc3c(c2)C(=O)Nc2cc(Cl)ccc2O3)cc1Cl. The Kier molecular flexibility index (Phi) is 5.23. The van der Waals surface area contributed by atoms with Crippen molar-refractivity contribution in [1.82, 2.24) is 0 Å². The van der Waals surface area contributed by atoms with Crippen LogP contribution in [-0.2, 0) is 10.0 Å². The number of amides is 1. The van der Waals surface area contributed by atoms with E-state index in [-0.39, 0.29) is 26.9 Å². The van der Waals surface area contributed by atoms with Gasteiger partial charge in [-0.15, -0.1) is 0 Å². The van der Waals surface area contributed by atoms with Gasteiger partial charge < -0.3 is 14.8 Å². The summed E-state index contributed by atoms with van der Waals surface area (Å²) in [6, 6.07) is 13.3. The fourth-order valence-corrected chi connectivity index (χ4v) is 4.46. The van der Waals surface area contributed by atoms with Gasteiger partial charge in [0.2, 0.25) is 0 Å². The lowest BCUT2D eigenvalue weighted by Gasteiger charge is -2.12. The summed E-state index contributed by atoms with van der Waals surface area (Å²) in [4.78, 5) is 12.6. The fourth-order valence-electron chi connectivity index (χ4n) is 2.89. The highest BCUT2D eigenvalue weighted by molar-refractivity contribution is 7.92. The molecular weight excluding hydrogens is 451 g/mol. The van der Waals surface area contributed by atoms with Crippen molar-refractivity contribution < 1.29 is 22.7 Å². The van der Waals surface area contributed by atoms with E-state index in [9.17, 15) is 13.2 Å². The molecule has 0 aliphatic carbocycles. The number of ether oxygens (including phenoxy) is 2. The third kappa shape index (κ3) is 3.89. The summed E-state index contributed by atoms with van der Waals surface area (Å²) in [7, 11) is -2.52. The number of hydrogen-bond acceptors (Lipinski definition) is 5. The smallest absolute Gasteiger partial charge is 0.261 e. The molecule has 3 aromatic carbocycles. The number of methoxy groups -OCH3 is 1. The molecule has 1 aliphatic rings. The molecule has 4 rings (SSSR count). The maximum Gasteiger partial charge on any atom is 0.261 e.